The van der Waals surface area contributed by atoms with Crippen LogP contribution in [0.2, 0.25) is 0 Å². The minimum atomic E-state index is 0.104. The van der Waals surface area contributed by atoms with Gasteiger partial charge in [-0.25, -0.2) is 4.98 Å². The van der Waals surface area contributed by atoms with Crippen molar-refractivity contribution in [2.75, 3.05) is 32.0 Å². The molecule has 1 aromatic heterocycles. The highest BCUT2D eigenvalue weighted by molar-refractivity contribution is 5.83. The number of fused-ring (bicyclic) bond motifs is 1. The maximum Gasteiger partial charge on any atom is 0.242 e. The molecule has 0 atom stereocenters. The van der Waals surface area contributed by atoms with Crippen LogP contribution in [0.5, 0.6) is 0 Å². The molecule has 0 unspecified atom stereocenters. The predicted molar refractivity (Wildman–Crippen MR) is 76.3 cm³/mol. The molecule has 20 heavy (non-hydrogen) atoms. The second-order valence-electron chi connectivity index (χ2n) is 4.99. The van der Waals surface area contributed by atoms with Crippen molar-refractivity contribution in [1.29, 1.82) is 0 Å². The van der Waals surface area contributed by atoms with Crippen molar-refractivity contribution >= 4 is 22.6 Å². The van der Waals surface area contributed by atoms with Gasteiger partial charge in [0.05, 0.1) is 24.2 Å². The van der Waals surface area contributed by atoms with Crippen molar-refractivity contribution in [1.82, 2.24) is 14.5 Å². The van der Waals surface area contributed by atoms with E-state index in [1.807, 2.05) is 34.6 Å². The van der Waals surface area contributed by atoms with E-state index < -0.39 is 0 Å². The summed E-state index contributed by atoms with van der Waals surface area (Å²) >= 11 is 0. The number of aromatic nitrogens is 2. The van der Waals surface area contributed by atoms with Crippen LogP contribution in [0.25, 0.3) is 11.0 Å². The molecule has 1 aromatic carbocycles. The number of nitrogen functional groups attached to an aromatic ring is 1. The summed E-state index contributed by atoms with van der Waals surface area (Å²) in [5, 5.41) is 0. The first-order chi connectivity index (χ1) is 9.65. The molecule has 2 aromatic rings. The molecule has 0 aliphatic carbocycles. The van der Waals surface area contributed by atoms with Crippen molar-refractivity contribution < 1.29 is 9.53 Å². The van der Waals surface area contributed by atoms with Crippen molar-refractivity contribution in [2.45, 2.75) is 13.5 Å². The van der Waals surface area contributed by atoms with Crippen LogP contribution in [0, 0.1) is 6.92 Å². The summed E-state index contributed by atoms with van der Waals surface area (Å²) in [6.07, 6.45) is 0. The van der Waals surface area contributed by atoms with E-state index in [1.54, 1.807) is 0 Å². The molecule has 0 bridgehead atoms. The Balaban J connectivity index is 1.86. The van der Waals surface area contributed by atoms with E-state index in [-0.39, 0.29) is 5.91 Å². The third kappa shape index (κ3) is 2.34. The van der Waals surface area contributed by atoms with E-state index in [1.165, 1.54) is 0 Å². The van der Waals surface area contributed by atoms with Gasteiger partial charge in [0.25, 0.3) is 0 Å². The smallest absolute Gasteiger partial charge is 0.242 e. The Kier molecular flexibility index (Phi) is 3.31. The Morgan fingerprint density at radius 2 is 2.15 bits per heavy atom. The van der Waals surface area contributed by atoms with E-state index in [9.17, 15) is 4.79 Å². The number of rotatable bonds is 2. The van der Waals surface area contributed by atoms with Crippen LogP contribution in [-0.4, -0.2) is 46.7 Å². The maximum absolute atomic E-state index is 12.3. The molecule has 1 saturated heterocycles. The molecule has 6 heteroatoms. The summed E-state index contributed by atoms with van der Waals surface area (Å²) in [5.41, 5.74) is 8.22. The van der Waals surface area contributed by atoms with Gasteiger partial charge in [-0.1, -0.05) is 0 Å². The number of benzene rings is 1. The molecule has 0 radical (unpaired) electrons. The van der Waals surface area contributed by atoms with E-state index >= 15 is 0 Å². The standard InChI is InChI=1S/C14H18N4O2/c1-10-16-12-8-11(15)2-3-13(12)18(10)9-14(19)17-4-6-20-7-5-17/h2-3,8H,4-7,9,15H2,1H3. The summed E-state index contributed by atoms with van der Waals surface area (Å²) in [6.45, 7) is 4.78. The Morgan fingerprint density at radius 3 is 2.90 bits per heavy atom. The number of hydrogen-bond donors (Lipinski definition) is 1. The zero-order chi connectivity index (χ0) is 14.1. The Hall–Kier alpha value is -2.08. The van der Waals surface area contributed by atoms with Crippen LogP contribution in [-0.2, 0) is 16.1 Å². The molecule has 6 nitrogen and oxygen atoms in total. The van der Waals surface area contributed by atoms with Gasteiger partial charge in [-0.2, -0.15) is 0 Å². The van der Waals surface area contributed by atoms with Crippen LogP contribution in [0.3, 0.4) is 0 Å². The number of carbonyl (C=O) groups is 1. The molecule has 3 rings (SSSR count). The average molecular weight is 274 g/mol. The summed E-state index contributed by atoms with van der Waals surface area (Å²) in [4.78, 5) is 18.6. The summed E-state index contributed by atoms with van der Waals surface area (Å²) in [7, 11) is 0. The average Bonchev–Trinajstić information content (AvgIpc) is 2.75. The van der Waals surface area contributed by atoms with Crippen LogP contribution in [0.15, 0.2) is 18.2 Å². The van der Waals surface area contributed by atoms with E-state index in [2.05, 4.69) is 4.98 Å². The number of imidazole rings is 1. The first-order valence-corrected chi connectivity index (χ1v) is 6.73. The number of amides is 1. The number of morpholine rings is 1. The molecule has 2 N–H and O–H groups in total. The Morgan fingerprint density at radius 1 is 1.40 bits per heavy atom. The van der Waals surface area contributed by atoms with Gasteiger partial charge in [-0.05, 0) is 25.1 Å². The van der Waals surface area contributed by atoms with Crippen LogP contribution in [0.1, 0.15) is 5.82 Å². The van der Waals surface area contributed by atoms with Gasteiger partial charge in [-0.3, -0.25) is 4.79 Å². The van der Waals surface area contributed by atoms with Crippen LogP contribution < -0.4 is 5.73 Å². The zero-order valence-electron chi connectivity index (χ0n) is 11.5. The second kappa shape index (κ2) is 5.13. The Bertz CT molecular complexity index is 644. The molecule has 2 heterocycles. The number of nitrogens with two attached hydrogens (primary N) is 1. The van der Waals surface area contributed by atoms with Gasteiger partial charge in [0.1, 0.15) is 12.4 Å². The SMILES string of the molecule is Cc1nc2cc(N)ccc2n1CC(=O)N1CCOCC1. The third-order valence-electron chi connectivity index (χ3n) is 3.62. The number of anilines is 1. The summed E-state index contributed by atoms with van der Waals surface area (Å²) in [6, 6.07) is 5.58. The first kappa shape index (κ1) is 12.9. The van der Waals surface area contributed by atoms with Crippen molar-refractivity contribution in [3.8, 4) is 0 Å². The molecule has 1 aliphatic heterocycles. The van der Waals surface area contributed by atoms with Gasteiger partial charge >= 0.3 is 0 Å². The van der Waals surface area contributed by atoms with Crippen molar-refractivity contribution in [3.05, 3.63) is 24.0 Å². The molecule has 0 saturated carbocycles. The number of carbonyl (C=O) groups excluding carboxylic acids is 1. The van der Waals surface area contributed by atoms with E-state index in [0.29, 0.717) is 38.5 Å². The normalized spacial score (nSPS) is 15.8. The minimum absolute atomic E-state index is 0.104. The molecular formula is C14H18N4O2. The lowest BCUT2D eigenvalue weighted by Gasteiger charge is -2.27. The molecule has 1 amide bonds. The fraction of sp³-hybridized carbons (Fsp3) is 0.429. The van der Waals surface area contributed by atoms with E-state index in [0.717, 1.165) is 16.9 Å². The summed E-state index contributed by atoms with van der Waals surface area (Å²) in [5.74, 6) is 0.930. The highest BCUT2D eigenvalue weighted by Gasteiger charge is 2.19. The monoisotopic (exact) mass is 274 g/mol. The number of ether oxygens (including phenoxy) is 1. The second-order valence-corrected chi connectivity index (χ2v) is 4.99. The van der Waals surface area contributed by atoms with Crippen molar-refractivity contribution in [3.63, 3.8) is 0 Å². The third-order valence-corrected chi connectivity index (χ3v) is 3.62. The highest BCUT2D eigenvalue weighted by Crippen LogP contribution is 2.19. The van der Waals surface area contributed by atoms with Gasteiger partial charge in [0, 0.05) is 18.8 Å². The maximum atomic E-state index is 12.3. The molecule has 1 aliphatic rings. The lowest BCUT2D eigenvalue weighted by Crippen LogP contribution is -2.42. The van der Waals surface area contributed by atoms with Gasteiger partial charge in [0.15, 0.2) is 0 Å². The predicted octanol–water partition coefficient (Wildman–Crippen LogP) is 0.786. The number of aryl methyl sites for hydroxylation is 1. The lowest BCUT2D eigenvalue weighted by atomic mass is 10.3. The lowest BCUT2D eigenvalue weighted by molar-refractivity contribution is -0.135. The quantitative estimate of drug-likeness (QED) is 0.822. The van der Waals surface area contributed by atoms with E-state index in [4.69, 9.17) is 10.5 Å². The van der Waals surface area contributed by atoms with Gasteiger partial charge in [0.2, 0.25) is 5.91 Å². The molecule has 0 spiro atoms. The van der Waals surface area contributed by atoms with Crippen LogP contribution in [0.4, 0.5) is 5.69 Å². The molecular weight excluding hydrogens is 256 g/mol. The molecule has 106 valence electrons. The Labute approximate surface area is 117 Å². The minimum Gasteiger partial charge on any atom is -0.399 e. The fourth-order valence-corrected chi connectivity index (χ4v) is 2.51. The first-order valence-electron chi connectivity index (χ1n) is 6.73. The van der Waals surface area contributed by atoms with Gasteiger partial charge < -0.3 is 19.9 Å². The molecule has 1 fully saturated rings. The number of hydrogen-bond acceptors (Lipinski definition) is 4. The largest absolute Gasteiger partial charge is 0.399 e. The van der Waals surface area contributed by atoms with Crippen molar-refractivity contribution in [2.24, 2.45) is 0 Å². The van der Waals surface area contributed by atoms with Crippen LogP contribution >= 0.6 is 0 Å². The number of nitrogens with zero attached hydrogens (tertiary/aromatic N) is 3. The summed E-state index contributed by atoms with van der Waals surface area (Å²) < 4.78 is 7.20. The zero-order valence-corrected chi connectivity index (χ0v) is 11.5. The highest BCUT2D eigenvalue weighted by atomic mass is 16.5. The van der Waals surface area contributed by atoms with Gasteiger partial charge in [-0.15, -0.1) is 0 Å². The fourth-order valence-electron chi connectivity index (χ4n) is 2.51. The topological polar surface area (TPSA) is 73.4 Å².